The van der Waals surface area contributed by atoms with E-state index in [-0.39, 0.29) is 40.6 Å². The second-order valence-corrected chi connectivity index (χ2v) is 39.7. The van der Waals surface area contributed by atoms with Crippen LogP contribution in [0.1, 0.15) is 399 Å². The fourth-order valence-corrected chi connectivity index (χ4v) is 15.6. The molecule has 2 N–H and O–H groups in total. The zero-order chi connectivity index (χ0) is 101. The Hall–Kier alpha value is -10.6. The number of ketones is 2. The summed E-state index contributed by atoms with van der Waals surface area (Å²) in [5.74, 6) is 4.38. The summed E-state index contributed by atoms with van der Waals surface area (Å²) in [5.41, 5.74) is 27.2. The van der Waals surface area contributed by atoms with Gasteiger partial charge in [0.15, 0.2) is 11.5 Å². The summed E-state index contributed by atoms with van der Waals surface area (Å²) in [5, 5.41) is 18.2. The Bertz CT molecular complexity index is 5320. The van der Waals surface area contributed by atoms with Crippen LogP contribution < -0.4 is 0 Å². The molecule has 0 aliphatic heterocycles. The number of aryl methyl sites for hydroxylation is 7. The number of H-pyrrole nitrogens is 1. The number of aromatic carboxylic acids is 1. The van der Waals surface area contributed by atoms with Crippen molar-refractivity contribution < 1.29 is 28.3 Å². The second-order valence-electron chi connectivity index (χ2n) is 37.9. The number of halogens is 4. The van der Waals surface area contributed by atoms with Gasteiger partial charge in [-0.2, -0.15) is 5.10 Å². The third-order valence-electron chi connectivity index (χ3n) is 22.2. The van der Waals surface area contributed by atoms with Crippen LogP contribution in [0.3, 0.4) is 0 Å². The first kappa shape index (κ1) is 120. The van der Waals surface area contributed by atoms with Gasteiger partial charge in [0.2, 0.25) is 5.78 Å². The molecule has 0 aliphatic rings. The van der Waals surface area contributed by atoms with Crippen LogP contribution in [0.5, 0.6) is 0 Å². The maximum absolute atomic E-state index is 12.9. The number of nitrogens with one attached hydrogen (secondary N) is 1. The van der Waals surface area contributed by atoms with Gasteiger partial charge in [-0.3, -0.25) is 24.7 Å². The smallest absolute Gasteiger partial charge is 0.356 e. The van der Waals surface area contributed by atoms with E-state index in [0.717, 1.165) is 49.1 Å². The summed E-state index contributed by atoms with van der Waals surface area (Å²) in [6.45, 7) is 72.3. The Balaban J connectivity index is 0.000000496. The van der Waals surface area contributed by atoms with Gasteiger partial charge in [0.1, 0.15) is 11.6 Å². The Morgan fingerprint density at radius 1 is 0.358 bits per heavy atom. The van der Waals surface area contributed by atoms with E-state index in [2.05, 4.69) is 341 Å². The molecule has 10 aromatic carbocycles. The molecule has 0 saturated carbocycles. The number of hydrogen-bond acceptors (Lipinski definition) is 7. The highest BCUT2D eigenvalue weighted by Crippen LogP contribution is 2.31. The van der Waals surface area contributed by atoms with Crippen molar-refractivity contribution in [1.82, 2.24) is 20.2 Å². The first-order valence-corrected chi connectivity index (χ1v) is 49.2. The van der Waals surface area contributed by atoms with E-state index in [9.17, 15) is 23.2 Å². The molecule has 0 aliphatic carbocycles. The number of Topliss-reactive ketones (excluding diaryl/α,β-unsaturated/α-hetero) is 1. The van der Waals surface area contributed by atoms with E-state index < -0.39 is 17.6 Å². The molecule has 3 aromatic heterocycles. The molecule has 0 fully saturated rings. The second kappa shape index (κ2) is 62.9. The molecule has 13 heteroatoms. The van der Waals surface area contributed by atoms with Gasteiger partial charge in [0, 0.05) is 56.9 Å². The number of benzene rings is 10. The maximum atomic E-state index is 12.9. The molecule has 3 heterocycles. The average Bonchev–Trinajstić information content (AvgIpc) is 1.29. The molecular weight excluding hydrogens is 1710 g/mol. The van der Waals surface area contributed by atoms with Crippen LogP contribution in [0.15, 0.2) is 261 Å². The minimum Gasteiger partial charge on any atom is -0.476 e. The summed E-state index contributed by atoms with van der Waals surface area (Å²) in [7, 11) is 0. The van der Waals surface area contributed by atoms with Crippen molar-refractivity contribution in [2.45, 2.75) is 306 Å². The molecule has 13 rings (SSSR count). The van der Waals surface area contributed by atoms with Crippen molar-refractivity contribution in [3.05, 3.63) is 415 Å². The van der Waals surface area contributed by atoms with Crippen LogP contribution in [0.2, 0.25) is 10.0 Å². The van der Waals surface area contributed by atoms with E-state index in [1.165, 1.54) is 107 Å². The van der Waals surface area contributed by atoms with Gasteiger partial charge in [0.25, 0.3) is 0 Å². The lowest BCUT2D eigenvalue weighted by atomic mass is 9.91. The summed E-state index contributed by atoms with van der Waals surface area (Å²) in [6.07, 6.45) is 5.20. The predicted octanol–water partition coefficient (Wildman–Crippen LogP) is 37.1. The molecule has 134 heavy (non-hydrogen) atoms. The van der Waals surface area contributed by atoms with Crippen molar-refractivity contribution >= 4 is 52.1 Å². The number of carbonyl (C=O) groups excluding carboxylic acids is 2. The predicted molar refractivity (Wildman–Crippen MR) is 576 cm³/mol. The van der Waals surface area contributed by atoms with Crippen LogP contribution in [0.4, 0.5) is 8.78 Å². The van der Waals surface area contributed by atoms with Crippen LogP contribution in [0.25, 0.3) is 0 Å². The zero-order valence-corrected chi connectivity index (χ0v) is 89.6. The fourth-order valence-electron chi connectivity index (χ4n) is 14.3. The lowest BCUT2D eigenvalue weighted by molar-refractivity contribution is 0.0689. The van der Waals surface area contributed by atoms with Gasteiger partial charge in [-0.05, 0) is 252 Å². The summed E-state index contributed by atoms with van der Waals surface area (Å²) < 4.78 is 25.7. The minimum absolute atomic E-state index is 0.0775. The highest BCUT2D eigenvalue weighted by molar-refractivity contribution is 7.12. The molecule has 8 nitrogen and oxygen atoms in total. The normalized spacial score (nSPS) is 10.6. The van der Waals surface area contributed by atoms with Crippen LogP contribution in [0, 0.1) is 72.9 Å². The Labute approximate surface area is 822 Å². The number of nitrogens with zero attached hydrogens (tertiary/aromatic N) is 3. The number of carboxylic acid groups (broad SMARTS) is 1. The number of rotatable bonds is 17. The fraction of sp³-hybridized carbons (Fsp3) is 0.388. The number of carbonyl (C=O) groups is 3. The van der Waals surface area contributed by atoms with Crippen molar-refractivity contribution in [2.24, 2.45) is 5.92 Å². The first-order chi connectivity index (χ1) is 63.0. The molecule has 0 amide bonds. The van der Waals surface area contributed by atoms with Crippen LogP contribution >= 0.6 is 34.5 Å². The largest absolute Gasteiger partial charge is 0.476 e. The van der Waals surface area contributed by atoms with Gasteiger partial charge in [-0.1, -0.05) is 415 Å². The number of carboxylic acids is 1. The molecule has 13 aromatic rings. The number of aromatic nitrogens is 4. The van der Waals surface area contributed by atoms with Crippen molar-refractivity contribution in [3.63, 3.8) is 0 Å². The summed E-state index contributed by atoms with van der Waals surface area (Å²) >= 11 is 13.2. The van der Waals surface area contributed by atoms with E-state index in [4.69, 9.17) is 28.3 Å². The number of thiophene rings is 1. The van der Waals surface area contributed by atoms with Gasteiger partial charge in [-0.25, -0.2) is 13.6 Å². The Morgan fingerprint density at radius 2 is 0.791 bits per heavy atom. The molecule has 0 radical (unpaired) electrons. The molecule has 722 valence electrons. The van der Waals surface area contributed by atoms with Gasteiger partial charge < -0.3 is 5.11 Å². The minimum atomic E-state index is -0.992. The van der Waals surface area contributed by atoms with Crippen LogP contribution in [-0.4, -0.2) is 42.8 Å². The Morgan fingerprint density at radius 3 is 1.17 bits per heavy atom. The van der Waals surface area contributed by atoms with Crippen LogP contribution in [-0.2, 0) is 0 Å². The molecule has 0 unspecified atom stereocenters. The first-order valence-electron chi connectivity index (χ1n) is 47.6. The average molecular weight is 1880 g/mol. The molecular formula is C121H160Cl2F2N4O4S. The van der Waals surface area contributed by atoms with E-state index in [0.29, 0.717) is 64.2 Å². The van der Waals surface area contributed by atoms with Crippen molar-refractivity contribution in [2.75, 3.05) is 0 Å². The maximum Gasteiger partial charge on any atom is 0.356 e. The van der Waals surface area contributed by atoms with E-state index in [1.54, 1.807) is 44.6 Å². The quantitative estimate of drug-likeness (QED) is 0.0870. The molecule has 0 saturated heterocycles. The van der Waals surface area contributed by atoms with Gasteiger partial charge >= 0.3 is 5.97 Å². The lowest BCUT2D eigenvalue weighted by Gasteiger charge is -2.12. The standard InChI is InChI=1S/C14H14OS.C13H18O.3C11H16.2C10H14.C9H10Cl2.C9H10F2.C9H12.C7H10N2O2.C7H10N2/c1-10(2)11-6-3-4-7-12(11)14(15)13-8-5-9-16-13;1-9(2)11-7-5-6-8-12(11)13(14)10(3)4;1-8(2)11-6-5-9(3)7-10(11)4;1-8(2)11-7-5-6-9(3)10(11)4;1-8(2)11-9(3)6-5-7-10(11)4;1-8(2)10-6-4-9(3)5-7-10;1-8(2)10-7-5-4-6-9(10)3;1-6(2)8-4-3-7(10)5-9(8)11;1-6(2)9-7(10)4-3-5-8(9)11;1-8(2)9-6-4-3-5-7-9;1-4(2)5-3-6(7(10)11)9-8-5;1-6(2)7-5-8-3-4-9-7/h3-10H,1-2H3;5-10H,1-4H3;3*5-8H,1-4H3;2*4-8H,1-3H3;2*3-6H,1-2H3;3-8H,1-2H3;3-4H,1-2H3,(H,8,9)(H,10,11);3-6H,1-2H3. The summed E-state index contributed by atoms with van der Waals surface area (Å²) in [6, 6.07) is 78.1. The van der Waals surface area contributed by atoms with Gasteiger partial charge in [0.05, 0.1) is 10.6 Å². The highest BCUT2D eigenvalue weighted by Gasteiger charge is 2.19. The number of hydrogen-bond donors (Lipinski definition) is 2. The third-order valence-corrected chi connectivity index (χ3v) is 23.6. The zero-order valence-electron chi connectivity index (χ0n) is 87.3. The third kappa shape index (κ3) is 43.8. The Kier molecular flexibility index (Phi) is 56.1. The monoisotopic (exact) mass is 1870 g/mol. The molecule has 0 spiro atoms. The molecule has 0 atom stereocenters. The van der Waals surface area contributed by atoms with Crippen molar-refractivity contribution in [1.29, 1.82) is 0 Å². The van der Waals surface area contributed by atoms with Crippen molar-refractivity contribution in [3.8, 4) is 0 Å². The molecule has 0 bridgehead atoms. The van der Waals surface area contributed by atoms with E-state index in [1.807, 2.05) is 112 Å². The topological polar surface area (TPSA) is 126 Å². The highest BCUT2D eigenvalue weighted by atomic mass is 35.5. The van der Waals surface area contributed by atoms with Gasteiger partial charge in [-0.15, -0.1) is 11.3 Å². The lowest BCUT2D eigenvalue weighted by Crippen LogP contribution is -2.10. The van der Waals surface area contributed by atoms with E-state index >= 15 is 0 Å². The SMILES string of the molecule is CC(C)C(=O)c1ccccc1C(C)C.CC(C)c1c(F)cccc1F.CC(C)c1cc(C(=O)O)n[nH]1.CC(C)c1ccc(Cl)cc1Cl.CC(C)c1ccccc1.CC(C)c1ccccc1C(=O)c1cccs1.CC(C)c1cnccn1.Cc1ccc(C(C)C)c(C)c1.Cc1ccc(C(C)C)cc1.Cc1cccc(C(C)C)c1C.Cc1cccc(C)c1C(C)C.Cc1ccccc1C(C)C. The summed E-state index contributed by atoms with van der Waals surface area (Å²) in [4.78, 5) is 43.3. The number of aromatic amines is 1.